The summed E-state index contributed by atoms with van der Waals surface area (Å²) in [5.74, 6) is 0.0622. The molecule has 1 aliphatic heterocycles. The molecule has 1 heterocycles. The molecule has 2 aromatic carbocycles. The van der Waals surface area contributed by atoms with Crippen molar-refractivity contribution in [2.75, 3.05) is 38.7 Å². The van der Waals surface area contributed by atoms with E-state index in [2.05, 4.69) is 5.32 Å². The van der Waals surface area contributed by atoms with Gasteiger partial charge in [0.05, 0.1) is 25.8 Å². The second-order valence-corrected chi connectivity index (χ2v) is 9.52. The van der Waals surface area contributed by atoms with Gasteiger partial charge in [0.15, 0.2) is 11.5 Å². The lowest BCUT2D eigenvalue weighted by atomic mass is 9.98. The molecule has 8 nitrogen and oxygen atoms in total. The maximum atomic E-state index is 13.2. The van der Waals surface area contributed by atoms with E-state index in [1.165, 1.54) is 35.6 Å². The third kappa shape index (κ3) is 5.31. The second kappa shape index (κ2) is 10.2. The van der Waals surface area contributed by atoms with Gasteiger partial charge in [-0.05, 0) is 54.8 Å². The largest absolute Gasteiger partial charge is 0.493 e. The summed E-state index contributed by atoms with van der Waals surface area (Å²) < 4.78 is 52.2. The molecular formula is C22H28FN3O5S. The highest BCUT2D eigenvalue weighted by molar-refractivity contribution is 7.90. The molecule has 174 valence electrons. The van der Waals surface area contributed by atoms with Crippen LogP contribution in [0.4, 0.5) is 10.1 Å². The van der Waals surface area contributed by atoms with Crippen molar-refractivity contribution >= 4 is 21.8 Å². The van der Waals surface area contributed by atoms with E-state index in [1.807, 2.05) is 6.07 Å². The standard InChI is InChI=1S/C22H28FN3O5S/c1-25(19-9-7-18(23)8-10-19)32(28,29)26-12-4-5-17(15-26)22(27)24-14-16-6-11-20(30-2)21(13-16)31-3/h6-11,13,17H,4-5,12,14-15H2,1-3H3,(H,24,27)/t17-/m1/s1. The molecule has 0 radical (unpaired) electrons. The average Bonchev–Trinajstić information content (AvgIpc) is 2.82. The number of benzene rings is 2. The fourth-order valence-electron chi connectivity index (χ4n) is 3.65. The normalized spacial score (nSPS) is 16.9. The minimum Gasteiger partial charge on any atom is -0.493 e. The Bertz CT molecular complexity index is 1050. The van der Waals surface area contributed by atoms with Gasteiger partial charge in [-0.15, -0.1) is 0 Å². The van der Waals surface area contributed by atoms with Crippen LogP contribution in [-0.4, -0.2) is 53.0 Å². The Morgan fingerprint density at radius 2 is 1.84 bits per heavy atom. The molecule has 32 heavy (non-hydrogen) atoms. The summed E-state index contributed by atoms with van der Waals surface area (Å²) in [6.45, 7) is 0.705. The molecule has 1 atom stereocenters. The molecule has 0 aromatic heterocycles. The summed E-state index contributed by atoms with van der Waals surface area (Å²) >= 11 is 0. The van der Waals surface area contributed by atoms with Crippen LogP contribution in [0.15, 0.2) is 42.5 Å². The van der Waals surface area contributed by atoms with Crippen molar-refractivity contribution < 1.29 is 27.1 Å². The van der Waals surface area contributed by atoms with Crippen molar-refractivity contribution in [1.29, 1.82) is 0 Å². The highest BCUT2D eigenvalue weighted by atomic mass is 32.2. The first-order valence-corrected chi connectivity index (χ1v) is 11.6. The molecule has 0 bridgehead atoms. The molecule has 1 fully saturated rings. The maximum absolute atomic E-state index is 13.2. The number of nitrogens with one attached hydrogen (secondary N) is 1. The first kappa shape index (κ1) is 23.8. The number of ether oxygens (including phenoxy) is 2. The number of rotatable bonds is 8. The number of halogens is 1. The molecule has 0 saturated carbocycles. The van der Waals surface area contributed by atoms with Gasteiger partial charge in [0.25, 0.3) is 0 Å². The quantitative estimate of drug-likeness (QED) is 0.647. The fraction of sp³-hybridized carbons (Fsp3) is 0.409. The molecular weight excluding hydrogens is 437 g/mol. The van der Waals surface area contributed by atoms with Crippen molar-refractivity contribution in [2.45, 2.75) is 19.4 Å². The van der Waals surface area contributed by atoms with Crippen molar-refractivity contribution in [3.8, 4) is 11.5 Å². The molecule has 1 N–H and O–H groups in total. The number of nitrogens with zero attached hydrogens (tertiary/aromatic N) is 2. The van der Waals surface area contributed by atoms with Crippen molar-refractivity contribution in [1.82, 2.24) is 9.62 Å². The third-order valence-corrected chi connectivity index (χ3v) is 7.42. The number of anilines is 1. The van der Waals surface area contributed by atoms with Crippen LogP contribution < -0.4 is 19.1 Å². The fourth-order valence-corrected chi connectivity index (χ4v) is 5.11. The van der Waals surface area contributed by atoms with Gasteiger partial charge < -0.3 is 14.8 Å². The Morgan fingerprint density at radius 1 is 1.16 bits per heavy atom. The third-order valence-electron chi connectivity index (χ3n) is 5.53. The molecule has 1 aliphatic rings. The smallest absolute Gasteiger partial charge is 0.303 e. The Labute approximate surface area is 188 Å². The average molecular weight is 466 g/mol. The highest BCUT2D eigenvalue weighted by Gasteiger charge is 2.34. The van der Waals surface area contributed by atoms with E-state index in [0.29, 0.717) is 36.6 Å². The van der Waals surface area contributed by atoms with Gasteiger partial charge in [-0.1, -0.05) is 6.07 Å². The van der Waals surface area contributed by atoms with Gasteiger partial charge in [-0.3, -0.25) is 9.10 Å². The monoisotopic (exact) mass is 465 g/mol. The minimum atomic E-state index is -3.84. The number of carbonyl (C=O) groups excluding carboxylic acids is 1. The van der Waals surface area contributed by atoms with E-state index in [9.17, 15) is 17.6 Å². The Morgan fingerprint density at radius 3 is 2.50 bits per heavy atom. The van der Waals surface area contributed by atoms with Gasteiger partial charge in [0.2, 0.25) is 5.91 Å². The number of carbonyl (C=O) groups is 1. The summed E-state index contributed by atoms with van der Waals surface area (Å²) in [4.78, 5) is 12.8. The summed E-state index contributed by atoms with van der Waals surface area (Å²) in [6.07, 6.45) is 1.18. The number of amides is 1. The lowest BCUT2D eigenvalue weighted by Crippen LogP contribution is -2.49. The molecule has 0 unspecified atom stereocenters. The number of piperidine rings is 1. The molecule has 1 amide bonds. The van der Waals surface area contributed by atoms with Crippen LogP contribution in [0, 0.1) is 11.7 Å². The van der Waals surface area contributed by atoms with Crippen LogP contribution in [-0.2, 0) is 21.5 Å². The van der Waals surface area contributed by atoms with E-state index < -0.39 is 21.9 Å². The van der Waals surface area contributed by atoms with Crippen molar-refractivity contribution in [3.63, 3.8) is 0 Å². The number of hydrogen-bond acceptors (Lipinski definition) is 5. The predicted molar refractivity (Wildman–Crippen MR) is 119 cm³/mol. The Hall–Kier alpha value is -2.85. The van der Waals surface area contributed by atoms with Gasteiger partial charge in [0.1, 0.15) is 5.82 Å². The first-order chi connectivity index (χ1) is 15.3. The highest BCUT2D eigenvalue weighted by Crippen LogP contribution is 2.28. The van der Waals surface area contributed by atoms with Gasteiger partial charge in [-0.2, -0.15) is 12.7 Å². The predicted octanol–water partition coefficient (Wildman–Crippen LogP) is 2.55. The zero-order chi connectivity index (χ0) is 23.3. The van der Waals surface area contributed by atoms with Crippen LogP contribution in [0.1, 0.15) is 18.4 Å². The Balaban J connectivity index is 1.63. The van der Waals surface area contributed by atoms with E-state index in [-0.39, 0.29) is 19.0 Å². The zero-order valence-electron chi connectivity index (χ0n) is 18.4. The van der Waals surface area contributed by atoms with Gasteiger partial charge in [0, 0.05) is 26.7 Å². The van der Waals surface area contributed by atoms with Gasteiger partial charge >= 0.3 is 10.2 Å². The first-order valence-electron chi connectivity index (χ1n) is 10.2. The van der Waals surface area contributed by atoms with Crippen molar-refractivity contribution in [3.05, 3.63) is 53.8 Å². The molecule has 1 saturated heterocycles. The van der Waals surface area contributed by atoms with Crippen LogP contribution in [0.3, 0.4) is 0 Å². The molecule has 3 rings (SSSR count). The van der Waals surface area contributed by atoms with Gasteiger partial charge in [-0.25, -0.2) is 4.39 Å². The van der Waals surface area contributed by atoms with Crippen molar-refractivity contribution in [2.24, 2.45) is 5.92 Å². The number of hydrogen-bond donors (Lipinski definition) is 1. The molecule has 10 heteroatoms. The molecule has 0 aliphatic carbocycles. The van der Waals surface area contributed by atoms with E-state index >= 15 is 0 Å². The van der Waals surface area contributed by atoms with E-state index in [0.717, 1.165) is 9.87 Å². The minimum absolute atomic E-state index is 0.0889. The summed E-state index contributed by atoms with van der Waals surface area (Å²) in [7, 11) is 0.669. The topological polar surface area (TPSA) is 88.2 Å². The molecule has 2 aromatic rings. The van der Waals surface area contributed by atoms with Crippen LogP contribution in [0.25, 0.3) is 0 Å². The summed E-state index contributed by atoms with van der Waals surface area (Å²) in [6, 6.07) is 10.6. The Kier molecular flexibility index (Phi) is 7.57. The van der Waals surface area contributed by atoms with Crippen LogP contribution in [0.2, 0.25) is 0 Å². The lowest BCUT2D eigenvalue weighted by Gasteiger charge is -2.34. The van der Waals surface area contributed by atoms with Crippen LogP contribution in [0.5, 0.6) is 11.5 Å². The molecule has 0 spiro atoms. The van der Waals surface area contributed by atoms with E-state index in [4.69, 9.17) is 9.47 Å². The lowest BCUT2D eigenvalue weighted by molar-refractivity contribution is -0.126. The maximum Gasteiger partial charge on any atom is 0.303 e. The summed E-state index contributed by atoms with van der Waals surface area (Å²) in [5.41, 5.74) is 1.19. The van der Waals surface area contributed by atoms with Crippen LogP contribution >= 0.6 is 0 Å². The number of methoxy groups -OCH3 is 2. The SMILES string of the molecule is COc1ccc(CNC(=O)[C@@H]2CCCN(S(=O)(=O)N(C)c3ccc(F)cc3)C2)cc1OC. The van der Waals surface area contributed by atoms with E-state index in [1.54, 1.807) is 26.4 Å². The summed E-state index contributed by atoms with van der Waals surface area (Å²) in [5, 5.41) is 2.88. The second-order valence-electron chi connectivity index (χ2n) is 7.56. The zero-order valence-corrected chi connectivity index (χ0v) is 19.2.